The lowest BCUT2D eigenvalue weighted by Gasteiger charge is -2.12. The molecule has 1 heterocycles. The van der Waals surface area contributed by atoms with Crippen molar-refractivity contribution in [2.24, 2.45) is 0 Å². The Bertz CT molecular complexity index is 636. The smallest absolute Gasteiger partial charge is 0.405 e. The molecule has 0 aliphatic heterocycles. The zero-order valence-electron chi connectivity index (χ0n) is 10.7. The van der Waals surface area contributed by atoms with Gasteiger partial charge in [-0.1, -0.05) is 0 Å². The third-order valence-corrected chi connectivity index (χ3v) is 2.97. The molecular weight excluding hydrogens is 353 g/mol. The first-order valence-electron chi connectivity index (χ1n) is 5.69. The van der Waals surface area contributed by atoms with Gasteiger partial charge in [0.15, 0.2) is 0 Å². The van der Waals surface area contributed by atoms with Crippen molar-refractivity contribution in [3.05, 3.63) is 35.1 Å². The van der Waals surface area contributed by atoms with Gasteiger partial charge in [-0.25, -0.2) is 9.97 Å². The van der Waals surface area contributed by atoms with Crippen LogP contribution in [-0.2, 0) is 0 Å². The average molecular weight is 363 g/mol. The van der Waals surface area contributed by atoms with Crippen molar-refractivity contribution in [3.63, 3.8) is 0 Å². The molecule has 1 aromatic carbocycles. The first kappa shape index (κ1) is 15.4. The monoisotopic (exact) mass is 362 g/mol. The maximum absolute atomic E-state index is 12.2. The van der Waals surface area contributed by atoms with E-state index in [0.29, 0.717) is 17.3 Å². The van der Waals surface area contributed by atoms with Gasteiger partial charge in [0.2, 0.25) is 0 Å². The number of halogens is 4. The zero-order chi connectivity index (χ0) is 15.5. The van der Waals surface area contributed by atoms with E-state index >= 15 is 0 Å². The number of hydrogen-bond acceptors (Lipinski definition) is 5. The van der Waals surface area contributed by atoms with Gasteiger partial charge in [0, 0.05) is 18.8 Å². The molecule has 0 fully saturated rings. The second kappa shape index (κ2) is 6.17. The summed E-state index contributed by atoms with van der Waals surface area (Å²) in [5, 5.41) is 5.81. The van der Waals surface area contributed by atoms with Crippen LogP contribution in [-0.4, -0.2) is 23.4 Å². The Morgan fingerprint density at radius 3 is 2.48 bits per heavy atom. The molecule has 1 aromatic heterocycles. The van der Waals surface area contributed by atoms with E-state index in [1.165, 1.54) is 24.5 Å². The van der Waals surface area contributed by atoms with Crippen molar-refractivity contribution in [2.45, 2.75) is 6.36 Å². The SMILES string of the molecule is CNc1cc(Nc2ccc(OC(F)(F)F)c(Br)c2)ncn1. The fourth-order valence-electron chi connectivity index (χ4n) is 1.50. The Hall–Kier alpha value is -2.03. The summed E-state index contributed by atoms with van der Waals surface area (Å²) in [6, 6.07) is 5.78. The maximum Gasteiger partial charge on any atom is 0.573 e. The molecule has 0 aliphatic rings. The molecule has 112 valence electrons. The van der Waals surface area contributed by atoms with E-state index in [1.54, 1.807) is 13.1 Å². The normalized spacial score (nSPS) is 11.1. The standard InChI is InChI=1S/C12H10BrF3N4O/c1-17-10-5-11(19-6-18-10)20-7-2-3-9(8(13)4-7)21-12(14,15)16/h2-6H,1H3,(H2,17,18,19,20). The fourth-order valence-corrected chi connectivity index (χ4v) is 1.96. The molecule has 2 N–H and O–H groups in total. The molecule has 5 nitrogen and oxygen atoms in total. The number of alkyl halides is 3. The number of hydrogen-bond donors (Lipinski definition) is 2. The van der Waals surface area contributed by atoms with Crippen LogP contribution >= 0.6 is 15.9 Å². The Morgan fingerprint density at radius 2 is 1.86 bits per heavy atom. The second-order valence-electron chi connectivity index (χ2n) is 3.86. The number of nitrogens with one attached hydrogen (secondary N) is 2. The highest BCUT2D eigenvalue weighted by atomic mass is 79.9. The Balaban J connectivity index is 2.16. The molecular formula is C12H10BrF3N4O. The van der Waals surface area contributed by atoms with Crippen LogP contribution in [0, 0.1) is 0 Å². The minimum Gasteiger partial charge on any atom is -0.405 e. The lowest BCUT2D eigenvalue weighted by atomic mass is 10.3. The summed E-state index contributed by atoms with van der Waals surface area (Å²) in [6.45, 7) is 0. The fraction of sp³-hybridized carbons (Fsp3) is 0.167. The number of anilines is 3. The van der Waals surface area contributed by atoms with E-state index in [1.807, 2.05) is 0 Å². The minimum absolute atomic E-state index is 0.174. The average Bonchev–Trinajstić information content (AvgIpc) is 2.41. The Morgan fingerprint density at radius 1 is 1.14 bits per heavy atom. The van der Waals surface area contributed by atoms with Crippen molar-refractivity contribution < 1.29 is 17.9 Å². The molecule has 0 unspecified atom stereocenters. The highest BCUT2D eigenvalue weighted by Crippen LogP contribution is 2.33. The summed E-state index contributed by atoms with van der Waals surface area (Å²) in [5.74, 6) is 0.806. The van der Waals surface area contributed by atoms with Gasteiger partial charge in [0.1, 0.15) is 23.7 Å². The highest BCUT2D eigenvalue weighted by Gasteiger charge is 2.31. The number of benzene rings is 1. The van der Waals surface area contributed by atoms with Crippen LogP contribution in [0.3, 0.4) is 0 Å². The molecule has 0 bridgehead atoms. The molecule has 2 aromatic rings. The maximum atomic E-state index is 12.2. The van der Waals surface area contributed by atoms with Crippen LogP contribution in [0.2, 0.25) is 0 Å². The molecule has 0 saturated heterocycles. The van der Waals surface area contributed by atoms with E-state index in [4.69, 9.17) is 0 Å². The number of rotatable bonds is 4. The highest BCUT2D eigenvalue weighted by molar-refractivity contribution is 9.10. The largest absolute Gasteiger partial charge is 0.573 e. The lowest BCUT2D eigenvalue weighted by Crippen LogP contribution is -2.17. The van der Waals surface area contributed by atoms with Crippen LogP contribution < -0.4 is 15.4 Å². The van der Waals surface area contributed by atoms with Crippen molar-refractivity contribution in [3.8, 4) is 5.75 Å². The van der Waals surface area contributed by atoms with E-state index in [0.717, 1.165) is 0 Å². The summed E-state index contributed by atoms with van der Waals surface area (Å²) in [4.78, 5) is 7.96. The van der Waals surface area contributed by atoms with E-state index in [-0.39, 0.29) is 10.2 Å². The molecule has 0 atom stereocenters. The van der Waals surface area contributed by atoms with Crippen molar-refractivity contribution >= 4 is 33.3 Å². The van der Waals surface area contributed by atoms with Gasteiger partial charge in [0.25, 0.3) is 0 Å². The molecule has 21 heavy (non-hydrogen) atoms. The summed E-state index contributed by atoms with van der Waals surface area (Å²) >= 11 is 3.03. The Kier molecular flexibility index (Phi) is 4.51. The number of nitrogens with zero attached hydrogens (tertiary/aromatic N) is 2. The van der Waals surface area contributed by atoms with Crippen molar-refractivity contribution in [1.82, 2.24) is 9.97 Å². The summed E-state index contributed by atoms with van der Waals surface area (Å²) in [5.41, 5.74) is 0.553. The number of aromatic nitrogens is 2. The predicted molar refractivity (Wildman–Crippen MR) is 75.7 cm³/mol. The third kappa shape index (κ3) is 4.48. The van der Waals surface area contributed by atoms with Crippen LogP contribution in [0.5, 0.6) is 5.75 Å². The van der Waals surface area contributed by atoms with Gasteiger partial charge in [-0.15, -0.1) is 13.2 Å². The summed E-state index contributed by atoms with van der Waals surface area (Å²) < 4.78 is 40.5. The molecule has 9 heteroatoms. The minimum atomic E-state index is -4.73. The lowest BCUT2D eigenvalue weighted by molar-refractivity contribution is -0.274. The van der Waals surface area contributed by atoms with E-state index in [9.17, 15) is 13.2 Å². The predicted octanol–water partition coefficient (Wildman–Crippen LogP) is 3.92. The molecule has 0 spiro atoms. The zero-order valence-corrected chi connectivity index (χ0v) is 12.3. The van der Waals surface area contributed by atoms with Crippen molar-refractivity contribution in [1.29, 1.82) is 0 Å². The first-order chi connectivity index (χ1) is 9.87. The third-order valence-electron chi connectivity index (χ3n) is 2.35. The van der Waals surface area contributed by atoms with Gasteiger partial charge in [-0.05, 0) is 34.1 Å². The van der Waals surface area contributed by atoms with Crippen LogP contribution in [0.4, 0.5) is 30.5 Å². The van der Waals surface area contributed by atoms with Crippen LogP contribution in [0.1, 0.15) is 0 Å². The first-order valence-corrected chi connectivity index (χ1v) is 6.49. The summed E-state index contributed by atoms with van der Waals surface area (Å²) in [7, 11) is 1.71. The van der Waals surface area contributed by atoms with E-state index in [2.05, 4.69) is 41.3 Å². The topological polar surface area (TPSA) is 59.1 Å². The van der Waals surface area contributed by atoms with Crippen LogP contribution in [0.25, 0.3) is 0 Å². The van der Waals surface area contributed by atoms with Gasteiger partial charge in [0.05, 0.1) is 4.47 Å². The molecule has 2 rings (SSSR count). The number of ether oxygens (including phenoxy) is 1. The van der Waals surface area contributed by atoms with Crippen molar-refractivity contribution in [2.75, 3.05) is 17.7 Å². The quantitative estimate of drug-likeness (QED) is 0.862. The molecule has 0 amide bonds. The van der Waals surface area contributed by atoms with Gasteiger partial charge < -0.3 is 15.4 Å². The second-order valence-corrected chi connectivity index (χ2v) is 4.71. The summed E-state index contributed by atoms with van der Waals surface area (Å²) in [6.07, 6.45) is -3.36. The molecule has 0 saturated carbocycles. The van der Waals surface area contributed by atoms with Gasteiger partial charge >= 0.3 is 6.36 Å². The Labute approximate surface area is 126 Å². The van der Waals surface area contributed by atoms with E-state index < -0.39 is 6.36 Å². The molecule has 0 radical (unpaired) electrons. The van der Waals surface area contributed by atoms with Gasteiger partial charge in [-0.2, -0.15) is 0 Å². The van der Waals surface area contributed by atoms with Crippen LogP contribution in [0.15, 0.2) is 35.1 Å². The van der Waals surface area contributed by atoms with Gasteiger partial charge in [-0.3, -0.25) is 0 Å². The molecule has 0 aliphatic carbocycles.